The molecule has 2 heteroatoms. The van der Waals surface area contributed by atoms with Crippen LogP contribution in [0.4, 0.5) is 17.1 Å². The zero-order chi connectivity index (χ0) is 35.8. The summed E-state index contributed by atoms with van der Waals surface area (Å²) in [4.78, 5) is 2.35. The Morgan fingerprint density at radius 1 is 0.296 bits per heavy atom. The van der Waals surface area contributed by atoms with Gasteiger partial charge in [0.1, 0.15) is 11.2 Å². The third-order valence-electron chi connectivity index (χ3n) is 10.5. The highest BCUT2D eigenvalue weighted by atomic mass is 16.3. The normalized spacial score (nSPS) is 11.3. The number of rotatable bonds is 7. The molecule has 0 fully saturated rings. The molecular formula is C52H35NO. The lowest BCUT2D eigenvalue weighted by atomic mass is 9.96. The molecule has 10 aromatic rings. The van der Waals surface area contributed by atoms with Crippen LogP contribution in [0.15, 0.2) is 217 Å². The minimum absolute atomic E-state index is 0.866. The molecule has 1 aromatic heterocycles. The average molecular weight is 690 g/mol. The van der Waals surface area contributed by atoms with Crippen molar-refractivity contribution in [2.24, 2.45) is 0 Å². The van der Waals surface area contributed by atoms with Gasteiger partial charge in [0.2, 0.25) is 0 Å². The van der Waals surface area contributed by atoms with E-state index in [-0.39, 0.29) is 0 Å². The fourth-order valence-corrected chi connectivity index (χ4v) is 7.72. The fourth-order valence-electron chi connectivity index (χ4n) is 7.72. The first-order valence-corrected chi connectivity index (χ1v) is 18.4. The molecule has 0 radical (unpaired) electrons. The molecule has 0 N–H and O–H groups in total. The predicted molar refractivity (Wildman–Crippen MR) is 228 cm³/mol. The third-order valence-corrected chi connectivity index (χ3v) is 10.5. The van der Waals surface area contributed by atoms with Crippen LogP contribution in [0.1, 0.15) is 0 Å². The maximum Gasteiger partial charge on any atom is 0.137 e. The third kappa shape index (κ3) is 5.81. The maximum absolute atomic E-state index is 6.41. The van der Waals surface area contributed by atoms with Gasteiger partial charge < -0.3 is 9.32 Å². The minimum Gasteiger partial charge on any atom is -0.456 e. The second-order valence-electron chi connectivity index (χ2n) is 13.8. The van der Waals surface area contributed by atoms with Crippen LogP contribution in [0.3, 0.4) is 0 Å². The number of furan rings is 1. The zero-order valence-electron chi connectivity index (χ0n) is 29.6. The second-order valence-corrected chi connectivity index (χ2v) is 13.8. The molecule has 0 aliphatic carbocycles. The molecule has 254 valence electrons. The highest BCUT2D eigenvalue weighted by Gasteiger charge is 2.19. The first-order valence-electron chi connectivity index (χ1n) is 18.4. The van der Waals surface area contributed by atoms with Crippen molar-refractivity contribution in [3.8, 4) is 44.5 Å². The van der Waals surface area contributed by atoms with Gasteiger partial charge in [-0.15, -0.1) is 0 Å². The van der Waals surface area contributed by atoms with Crippen LogP contribution in [-0.4, -0.2) is 0 Å². The van der Waals surface area contributed by atoms with Gasteiger partial charge in [0.15, 0.2) is 0 Å². The van der Waals surface area contributed by atoms with Gasteiger partial charge in [0, 0.05) is 33.8 Å². The Morgan fingerprint density at radius 2 is 0.852 bits per heavy atom. The molecule has 10 rings (SSSR count). The highest BCUT2D eigenvalue weighted by Crippen LogP contribution is 2.43. The summed E-state index contributed by atoms with van der Waals surface area (Å²) >= 11 is 0. The molecule has 0 bridgehead atoms. The van der Waals surface area contributed by atoms with Crippen molar-refractivity contribution < 1.29 is 4.42 Å². The Morgan fingerprint density at radius 3 is 1.70 bits per heavy atom. The summed E-state index contributed by atoms with van der Waals surface area (Å²) in [5.74, 6) is 0. The van der Waals surface area contributed by atoms with Crippen LogP contribution in [0.5, 0.6) is 0 Å². The van der Waals surface area contributed by atoms with Crippen LogP contribution in [0.2, 0.25) is 0 Å². The number of fused-ring (bicyclic) bond motifs is 4. The van der Waals surface area contributed by atoms with Crippen molar-refractivity contribution in [2.45, 2.75) is 0 Å². The van der Waals surface area contributed by atoms with Gasteiger partial charge in [-0.25, -0.2) is 0 Å². The van der Waals surface area contributed by atoms with Crippen molar-refractivity contribution >= 4 is 49.8 Å². The van der Waals surface area contributed by atoms with E-state index in [1.807, 2.05) is 12.1 Å². The SMILES string of the molecule is c1ccc(-c2ccc(-c3ccccc3N(c3ccc(-c4cccc(-c5ccc6ccccc6c5)c4)cc3)c3ccc4c(c3)oc3ccccc34)cc2)cc1. The van der Waals surface area contributed by atoms with Crippen LogP contribution in [0.25, 0.3) is 77.2 Å². The number of hydrogen-bond acceptors (Lipinski definition) is 2. The summed E-state index contributed by atoms with van der Waals surface area (Å²) in [7, 11) is 0. The van der Waals surface area contributed by atoms with Crippen LogP contribution in [-0.2, 0) is 0 Å². The Hall–Kier alpha value is -7.16. The number of anilines is 3. The van der Waals surface area contributed by atoms with Crippen molar-refractivity contribution in [1.29, 1.82) is 0 Å². The average Bonchev–Trinajstić information content (AvgIpc) is 3.62. The van der Waals surface area contributed by atoms with Crippen LogP contribution < -0.4 is 4.90 Å². The van der Waals surface area contributed by atoms with E-state index >= 15 is 0 Å². The Kier molecular flexibility index (Phi) is 7.85. The van der Waals surface area contributed by atoms with E-state index in [1.54, 1.807) is 0 Å². The summed E-state index contributed by atoms with van der Waals surface area (Å²) in [6.07, 6.45) is 0. The van der Waals surface area contributed by atoms with E-state index in [0.29, 0.717) is 0 Å². The lowest BCUT2D eigenvalue weighted by molar-refractivity contribution is 0.669. The summed E-state index contributed by atoms with van der Waals surface area (Å²) in [6, 6.07) is 75.9. The highest BCUT2D eigenvalue weighted by molar-refractivity contribution is 6.06. The van der Waals surface area contributed by atoms with Crippen molar-refractivity contribution in [3.63, 3.8) is 0 Å². The largest absolute Gasteiger partial charge is 0.456 e. The molecule has 9 aromatic carbocycles. The van der Waals surface area contributed by atoms with E-state index in [1.165, 1.54) is 44.2 Å². The Balaban J connectivity index is 1.06. The molecule has 0 amide bonds. The van der Waals surface area contributed by atoms with Gasteiger partial charge in [-0.2, -0.15) is 0 Å². The van der Waals surface area contributed by atoms with Gasteiger partial charge in [-0.05, 0) is 98.2 Å². The maximum atomic E-state index is 6.41. The summed E-state index contributed by atoms with van der Waals surface area (Å²) < 4.78 is 6.41. The van der Waals surface area contributed by atoms with E-state index in [9.17, 15) is 0 Å². The minimum atomic E-state index is 0.866. The number of benzene rings is 9. The molecule has 1 heterocycles. The standard InChI is InChI=1S/C52H35NO/c1-2-11-36(12-3-1)38-21-24-40(25-22-38)47-17-6-8-19-50(47)53(46-31-32-49-48-18-7-9-20-51(48)54-52(49)35-46)45-29-27-39(28-30-45)42-15-10-16-43(33-42)44-26-23-37-13-4-5-14-41(37)34-44/h1-35H. The number of nitrogens with zero attached hydrogens (tertiary/aromatic N) is 1. The molecule has 0 saturated heterocycles. The predicted octanol–water partition coefficient (Wildman–Crippen LogP) is 14.9. The molecule has 0 aliphatic heterocycles. The topological polar surface area (TPSA) is 16.4 Å². The van der Waals surface area contributed by atoms with E-state index in [2.05, 4.69) is 205 Å². The number of hydrogen-bond donors (Lipinski definition) is 0. The van der Waals surface area contributed by atoms with Crippen LogP contribution in [0, 0.1) is 0 Å². The van der Waals surface area contributed by atoms with E-state index in [4.69, 9.17) is 4.42 Å². The smallest absolute Gasteiger partial charge is 0.137 e. The van der Waals surface area contributed by atoms with Crippen molar-refractivity contribution in [1.82, 2.24) is 0 Å². The Bertz CT molecular complexity index is 2920. The van der Waals surface area contributed by atoms with Crippen molar-refractivity contribution in [2.75, 3.05) is 4.90 Å². The van der Waals surface area contributed by atoms with Gasteiger partial charge in [-0.3, -0.25) is 0 Å². The molecular weight excluding hydrogens is 655 g/mol. The first kappa shape index (κ1) is 31.6. The second kappa shape index (κ2) is 13.4. The molecule has 54 heavy (non-hydrogen) atoms. The monoisotopic (exact) mass is 689 g/mol. The molecule has 0 aliphatic rings. The quantitative estimate of drug-likeness (QED) is 0.166. The molecule has 2 nitrogen and oxygen atoms in total. The summed E-state index contributed by atoms with van der Waals surface area (Å²) in [5, 5.41) is 4.74. The van der Waals surface area contributed by atoms with Gasteiger partial charge >= 0.3 is 0 Å². The van der Waals surface area contributed by atoms with Gasteiger partial charge in [0.05, 0.1) is 5.69 Å². The molecule has 0 saturated carbocycles. The van der Waals surface area contributed by atoms with Gasteiger partial charge in [-0.1, -0.05) is 158 Å². The zero-order valence-corrected chi connectivity index (χ0v) is 29.6. The molecule has 0 unspecified atom stereocenters. The number of para-hydroxylation sites is 2. The van der Waals surface area contributed by atoms with Gasteiger partial charge in [0.25, 0.3) is 0 Å². The van der Waals surface area contributed by atoms with E-state index in [0.717, 1.165) is 50.1 Å². The van der Waals surface area contributed by atoms with Crippen molar-refractivity contribution in [3.05, 3.63) is 212 Å². The van der Waals surface area contributed by atoms with Crippen LogP contribution >= 0.6 is 0 Å². The summed E-state index contributed by atoms with van der Waals surface area (Å²) in [6.45, 7) is 0. The van der Waals surface area contributed by atoms with E-state index < -0.39 is 0 Å². The lowest BCUT2D eigenvalue weighted by Gasteiger charge is -2.28. The Labute approximate surface area is 314 Å². The molecule has 0 spiro atoms. The lowest BCUT2D eigenvalue weighted by Crippen LogP contribution is -2.11. The molecule has 0 atom stereocenters. The fraction of sp³-hybridized carbons (Fsp3) is 0. The first-order chi connectivity index (χ1) is 26.7. The summed E-state index contributed by atoms with van der Waals surface area (Å²) in [5.41, 5.74) is 14.4.